The molecule has 250 valence electrons. The SMILES string of the molecule is CO/C1=C/CCCCN2CCc3cc4c(cc3[C@@H](C2)[C@@H]1OC(=O)[C@@](O)(CCCC(C)(C)O)CC(=O)N1CCC(O)CC1)OCO4. The van der Waals surface area contributed by atoms with E-state index in [1.807, 2.05) is 18.2 Å². The van der Waals surface area contributed by atoms with Gasteiger partial charge in [0.1, 0.15) is 5.76 Å². The van der Waals surface area contributed by atoms with E-state index < -0.39 is 35.8 Å². The molecule has 1 fully saturated rings. The van der Waals surface area contributed by atoms with Crippen LogP contribution in [0.3, 0.4) is 0 Å². The number of piperidine rings is 1. The number of hydrogen-bond acceptors (Lipinski definition) is 10. The maximum absolute atomic E-state index is 14.2. The molecule has 3 N–H and O–H groups in total. The van der Waals surface area contributed by atoms with E-state index in [1.165, 1.54) is 0 Å². The molecule has 0 spiro atoms. The third kappa shape index (κ3) is 8.30. The monoisotopic (exact) mass is 630 g/mol. The van der Waals surface area contributed by atoms with Gasteiger partial charge < -0.3 is 44.1 Å². The smallest absolute Gasteiger partial charge is 0.339 e. The summed E-state index contributed by atoms with van der Waals surface area (Å²) in [5.41, 5.74) is -1.05. The molecule has 11 heteroatoms. The molecule has 1 aromatic rings. The highest BCUT2D eigenvalue weighted by atomic mass is 16.7. The summed E-state index contributed by atoms with van der Waals surface area (Å²) in [4.78, 5) is 31.6. The Morgan fingerprint density at radius 1 is 1.02 bits per heavy atom. The summed E-state index contributed by atoms with van der Waals surface area (Å²) in [5, 5.41) is 32.3. The van der Waals surface area contributed by atoms with E-state index in [9.17, 15) is 24.9 Å². The molecule has 5 rings (SSSR count). The first-order chi connectivity index (χ1) is 21.5. The van der Waals surface area contributed by atoms with E-state index in [0.29, 0.717) is 62.6 Å². The minimum atomic E-state index is -2.12. The van der Waals surface area contributed by atoms with Crippen LogP contribution in [0.4, 0.5) is 0 Å². The van der Waals surface area contributed by atoms with E-state index in [1.54, 1.807) is 25.9 Å². The molecule has 1 amide bonds. The maximum Gasteiger partial charge on any atom is 0.339 e. The molecular formula is C34H50N2O9. The van der Waals surface area contributed by atoms with E-state index in [2.05, 4.69) is 4.90 Å². The van der Waals surface area contributed by atoms with Gasteiger partial charge in [-0.1, -0.05) is 0 Å². The summed E-state index contributed by atoms with van der Waals surface area (Å²) in [6.45, 7) is 6.58. The number of ether oxygens (including phenoxy) is 4. The number of fused-ring (bicyclic) bond motifs is 5. The highest BCUT2D eigenvalue weighted by molar-refractivity contribution is 5.88. The molecule has 4 atom stereocenters. The number of nitrogens with zero attached hydrogens (tertiary/aromatic N) is 2. The Morgan fingerprint density at radius 3 is 2.47 bits per heavy atom. The second kappa shape index (κ2) is 14.3. The summed E-state index contributed by atoms with van der Waals surface area (Å²) in [6, 6.07) is 4.00. The zero-order chi connectivity index (χ0) is 32.2. The first-order valence-corrected chi connectivity index (χ1v) is 16.5. The molecule has 0 aliphatic carbocycles. The summed E-state index contributed by atoms with van der Waals surface area (Å²) in [6.07, 6.45) is 5.23. The van der Waals surface area contributed by atoms with Gasteiger partial charge in [-0.25, -0.2) is 4.79 Å². The summed E-state index contributed by atoms with van der Waals surface area (Å²) in [5.74, 6) is 0.281. The summed E-state index contributed by atoms with van der Waals surface area (Å²) >= 11 is 0. The minimum absolute atomic E-state index is 0.0527. The van der Waals surface area contributed by atoms with Crippen molar-refractivity contribution in [3.05, 3.63) is 35.1 Å². The standard InChI is InChI=1S/C34H50N2O9/c1-33(2,40)12-7-13-34(41,20-30(38)36-16-10-24(37)11-17-36)32(39)45-31-26-21-35(14-6-4-5-8-27(31)42-3)15-9-23-18-28-29(19-25(23)26)44-22-43-28/h8,18-19,24,26,31,37,40-41H,4-7,9-17,20-22H2,1-3H3/b27-8+/t26-,31+,34-/m1/s1. The molecule has 0 radical (unpaired) electrons. The Morgan fingerprint density at radius 2 is 1.76 bits per heavy atom. The van der Waals surface area contributed by atoms with Gasteiger partial charge in [0, 0.05) is 32.1 Å². The molecule has 4 aliphatic heterocycles. The number of carbonyl (C=O) groups excluding carboxylic acids is 2. The molecule has 0 aromatic heterocycles. The second-order valence-corrected chi connectivity index (χ2v) is 13.7. The van der Waals surface area contributed by atoms with Crippen LogP contribution in [0, 0.1) is 0 Å². The van der Waals surface area contributed by atoms with Crippen LogP contribution in [0.2, 0.25) is 0 Å². The van der Waals surface area contributed by atoms with E-state index in [0.717, 1.165) is 49.9 Å². The Hall–Kier alpha value is -2.86. The van der Waals surface area contributed by atoms with Crippen molar-refractivity contribution in [3.8, 4) is 11.5 Å². The third-order valence-corrected chi connectivity index (χ3v) is 9.60. The molecule has 0 saturated carbocycles. The van der Waals surface area contributed by atoms with Crippen molar-refractivity contribution in [1.82, 2.24) is 9.80 Å². The Bertz CT molecular complexity index is 1240. The average molecular weight is 631 g/mol. The van der Waals surface area contributed by atoms with Gasteiger partial charge in [-0.05, 0) is 108 Å². The van der Waals surface area contributed by atoms with Crippen LogP contribution >= 0.6 is 0 Å². The zero-order valence-corrected chi connectivity index (χ0v) is 27.0. The van der Waals surface area contributed by atoms with Gasteiger partial charge in [-0.15, -0.1) is 0 Å². The zero-order valence-electron chi connectivity index (χ0n) is 27.0. The number of carbonyl (C=O) groups is 2. The number of esters is 1. The van der Waals surface area contributed by atoms with Crippen molar-refractivity contribution in [2.24, 2.45) is 0 Å². The van der Waals surface area contributed by atoms with E-state index in [4.69, 9.17) is 18.9 Å². The van der Waals surface area contributed by atoms with Crippen molar-refractivity contribution in [3.63, 3.8) is 0 Å². The number of aliphatic hydroxyl groups excluding tert-OH is 1. The van der Waals surface area contributed by atoms with Crippen LogP contribution in [0.1, 0.15) is 88.7 Å². The van der Waals surface area contributed by atoms with Crippen molar-refractivity contribution in [2.45, 2.75) is 107 Å². The number of likely N-dealkylation sites (tertiary alicyclic amines) is 1. The molecule has 2 bridgehead atoms. The highest BCUT2D eigenvalue weighted by Crippen LogP contribution is 2.42. The van der Waals surface area contributed by atoms with E-state index in [-0.39, 0.29) is 25.0 Å². The van der Waals surface area contributed by atoms with Crippen LogP contribution in [-0.2, 0) is 25.5 Å². The number of hydrogen-bond donors (Lipinski definition) is 3. The molecule has 1 saturated heterocycles. The fraction of sp³-hybridized carbons (Fsp3) is 0.706. The lowest BCUT2D eigenvalue weighted by atomic mass is 9.86. The quantitative estimate of drug-likeness (QED) is 0.349. The normalized spacial score (nSPS) is 26.5. The van der Waals surface area contributed by atoms with Crippen LogP contribution in [-0.4, -0.2) is 107 Å². The van der Waals surface area contributed by atoms with Gasteiger partial charge >= 0.3 is 5.97 Å². The van der Waals surface area contributed by atoms with Gasteiger partial charge in [-0.2, -0.15) is 0 Å². The Balaban J connectivity index is 1.47. The fourth-order valence-corrected chi connectivity index (χ4v) is 6.93. The number of methoxy groups -OCH3 is 1. The van der Waals surface area contributed by atoms with Crippen molar-refractivity contribution in [2.75, 3.05) is 46.6 Å². The number of benzene rings is 1. The lowest BCUT2D eigenvalue weighted by molar-refractivity contribution is -0.177. The second-order valence-electron chi connectivity index (χ2n) is 13.7. The van der Waals surface area contributed by atoms with Crippen molar-refractivity contribution < 1.29 is 43.9 Å². The molecule has 1 unspecified atom stereocenters. The highest BCUT2D eigenvalue weighted by Gasteiger charge is 2.45. The lowest BCUT2D eigenvalue weighted by Gasteiger charge is -2.36. The predicted molar refractivity (Wildman–Crippen MR) is 166 cm³/mol. The van der Waals surface area contributed by atoms with Gasteiger partial charge in [0.15, 0.2) is 23.2 Å². The first-order valence-electron chi connectivity index (χ1n) is 16.5. The molecule has 4 aliphatic rings. The van der Waals surface area contributed by atoms with Crippen LogP contribution in [0.15, 0.2) is 24.0 Å². The topological polar surface area (TPSA) is 138 Å². The average Bonchev–Trinajstić information content (AvgIpc) is 3.38. The third-order valence-electron chi connectivity index (χ3n) is 9.60. The maximum atomic E-state index is 14.2. The molecule has 4 heterocycles. The van der Waals surface area contributed by atoms with Crippen LogP contribution in [0.25, 0.3) is 0 Å². The van der Waals surface area contributed by atoms with Gasteiger partial charge in [0.25, 0.3) is 0 Å². The lowest BCUT2D eigenvalue weighted by Crippen LogP contribution is -2.49. The predicted octanol–water partition coefficient (Wildman–Crippen LogP) is 3.03. The van der Waals surface area contributed by atoms with Gasteiger partial charge in [0.05, 0.1) is 25.2 Å². The fourth-order valence-electron chi connectivity index (χ4n) is 6.93. The van der Waals surface area contributed by atoms with Crippen LogP contribution in [0.5, 0.6) is 11.5 Å². The number of allylic oxidation sites excluding steroid dienone is 1. The number of amides is 1. The Labute approximate surface area is 266 Å². The minimum Gasteiger partial charge on any atom is -0.497 e. The van der Waals surface area contributed by atoms with Gasteiger partial charge in [-0.3, -0.25) is 4.79 Å². The molecule has 1 aromatic carbocycles. The first kappa shape index (κ1) is 33.5. The number of rotatable bonds is 9. The van der Waals surface area contributed by atoms with Crippen LogP contribution < -0.4 is 9.47 Å². The Kier molecular flexibility index (Phi) is 10.6. The van der Waals surface area contributed by atoms with Crippen molar-refractivity contribution >= 4 is 11.9 Å². The molecular weight excluding hydrogens is 580 g/mol. The van der Waals surface area contributed by atoms with E-state index >= 15 is 0 Å². The van der Waals surface area contributed by atoms with Crippen molar-refractivity contribution in [1.29, 1.82) is 0 Å². The summed E-state index contributed by atoms with van der Waals surface area (Å²) in [7, 11) is 1.57. The number of aliphatic hydroxyl groups is 3. The largest absolute Gasteiger partial charge is 0.497 e. The molecule has 11 nitrogen and oxygen atoms in total. The molecule has 45 heavy (non-hydrogen) atoms. The van der Waals surface area contributed by atoms with Gasteiger partial charge in [0.2, 0.25) is 12.7 Å². The summed E-state index contributed by atoms with van der Waals surface area (Å²) < 4.78 is 23.7.